The second kappa shape index (κ2) is 9.50. The van der Waals surface area contributed by atoms with Gasteiger partial charge in [0.2, 0.25) is 5.91 Å². The maximum absolute atomic E-state index is 12.4. The van der Waals surface area contributed by atoms with E-state index in [-0.39, 0.29) is 24.4 Å². The van der Waals surface area contributed by atoms with Gasteiger partial charge in [-0.25, -0.2) is 0 Å². The van der Waals surface area contributed by atoms with Crippen LogP contribution in [0.5, 0.6) is 0 Å². The van der Waals surface area contributed by atoms with Gasteiger partial charge in [0.15, 0.2) is 0 Å². The number of nitrogens with one attached hydrogen (secondary N) is 2. The maximum Gasteiger partial charge on any atom is 0.288 e. The Morgan fingerprint density at radius 2 is 2.24 bits per heavy atom. The second-order valence-electron chi connectivity index (χ2n) is 4.35. The van der Waals surface area contributed by atoms with Gasteiger partial charge in [-0.3, -0.25) is 4.79 Å². The van der Waals surface area contributed by atoms with Crippen molar-refractivity contribution in [3.63, 3.8) is 0 Å². The molecule has 1 aliphatic heterocycles. The van der Waals surface area contributed by atoms with E-state index in [2.05, 4.69) is 10.6 Å². The van der Waals surface area contributed by atoms with Crippen LogP contribution in [-0.2, 0) is 4.79 Å². The van der Waals surface area contributed by atoms with Crippen molar-refractivity contribution in [3.8, 4) is 0 Å². The summed E-state index contributed by atoms with van der Waals surface area (Å²) in [7, 11) is 0. The highest BCUT2D eigenvalue weighted by Gasteiger charge is 2.18. The molecule has 0 aliphatic carbocycles. The Bertz CT molecular complexity index is 460. The molecule has 8 heteroatoms. The zero-order valence-corrected chi connectivity index (χ0v) is 13.6. The normalized spacial score (nSPS) is 18.1. The highest BCUT2D eigenvalue weighted by molar-refractivity contribution is 7.99. The summed E-state index contributed by atoms with van der Waals surface area (Å²) >= 11 is 2.26. The summed E-state index contributed by atoms with van der Waals surface area (Å²) in [6.45, 7) is 0.903. The molecule has 0 radical (unpaired) electrons. The number of alkyl halides is 2. The zero-order chi connectivity index (χ0) is 14.4. The quantitative estimate of drug-likeness (QED) is 0.795. The van der Waals surface area contributed by atoms with Gasteiger partial charge in [0.25, 0.3) is 5.76 Å². The molecule has 21 heavy (non-hydrogen) atoms. The number of amides is 1. The van der Waals surface area contributed by atoms with Crippen LogP contribution in [0.4, 0.5) is 14.5 Å². The third kappa shape index (κ3) is 6.42. The number of hydrogen-bond acceptors (Lipinski definition) is 4. The Kier molecular flexibility index (Phi) is 8.39. The number of anilines is 1. The summed E-state index contributed by atoms with van der Waals surface area (Å²) in [4.78, 5) is 12.4. The van der Waals surface area contributed by atoms with Crippen molar-refractivity contribution in [2.75, 3.05) is 23.4 Å². The van der Waals surface area contributed by atoms with Crippen LogP contribution in [0.25, 0.3) is 0 Å². The predicted octanol–water partition coefficient (Wildman–Crippen LogP) is 3.46. The van der Waals surface area contributed by atoms with Gasteiger partial charge in [-0.15, -0.1) is 12.4 Å². The highest BCUT2D eigenvalue weighted by Crippen LogP contribution is 2.31. The van der Waals surface area contributed by atoms with Crippen molar-refractivity contribution in [2.24, 2.45) is 0 Å². The summed E-state index contributed by atoms with van der Waals surface area (Å²) in [5.41, 5.74) is 0.450. The van der Waals surface area contributed by atoms with E-state index < -0.39 is 5.76 Å². The number of thioether (sulfide) groups is 2. The van der Waals surface area contributed by atoms with E-state index >= 15 is 0 Å². The van der Waals surface area contributed by atoms with Crippen molar-refractivity contribution in [1.82, 2.24) is 5.32 Å². The van der Waals surface area contributed by atoms with Gasteiger partial charge in [0.1, 0.15) is 0 Å². The van der Waals surface area contributed by atoms with Crippen LogP contribution in [0.1, 0.15) is 6.42 Å². The number of carbonyl (C=O) groups is 1. The Hall–Kier alpha value is -0.500. The summed E-state index contributed by atoms with van der Waals surface area (Å²) in [5, 5.41) is 6.00. The molecule has 1 atom stereocenters. The van der Waals surface area contributed by atoms with Crippen LogP contribution in [0.15, 0.2) is 29.2 Å². The first kappa shape index (κ1) is 18.5. The van der Waals surface area contributed by atoms with E-state index in [0.717, 1.165) is 18.1 Å². The second-order valence-corrected chi connectivity index (χ2v) is 6.53. The Balaban J connectivity index is 0.00000220. The van der Waals surface area contributed by atoms with Gasteiger partial charge in [-0.05, 0) is 12.1 Å². The fourth-order valence-corrected chi connectivity index (χ4v) is 3.49. The van der Waals surface area contributed by atoms with Gasteiger partial charge in [-0.2, -0.15) is 20.5 Å². The van der Waals surface area contributed by atoms with Crippen molar-refractivity contribution in [2.45, 2.75) is 23.1 Å². The third-order valence-corrected chi connectivity index (χ3v) is 4.73. The van der Waals surface area contributed by atoms with Gasteiger partial charge in [0, 0.05) is 35.4 Å². The lowest BCUT2D eigenvalue weighted by Gasteiger charge is -2.22. The highest BCUT2D eigenvalue weighted by atomic mass is 35.5. The van der Waals surface area contributed by atoms with E-state index in [1.807, 2.05) is 11.8 Å². The fourth-order valence-electron chi connectivity index (χ4n) is 1.94. The number of halogens is 3. The molecule has 1 amide bonds. The minimum atomic E-state index is -2.50. The van der Waals surface area contributed by atoms with Gasteiger partial charge in [-0.1, -0.05) is 23.9 Å². The molecule has 0 saturated carbocycles. The van der Waals surface area contributed by atoms with E-state index in [1.165, 1.54) is 0 Å². The first-order valence-corrected chi connectivity index (χ1v) is 8.33. The molecule has 0 bridgehead atoms. The number of benzene rings is 1. The number of carbonyl (C=O) groups excluding carboxylic acids is 1. The first-order chi connectivity index (χ1) is 9.65. The Morgan fingerprint density at radius 1 is 1.48 bits per heavy atom. The molecule has 1 aliphatic rings. The minimum absolute atomic E-state index is 0. The summed E-state index contributed by atoms with van der Waals surface area (Å²) in [5.74, 6) is -0.677. The standard InChI is InChI=1S/C13H16F2N2OS2.ClH/c14-13(15)20-11-4-2-1-3-10(11)17-12(18)7-9-8-19-6-5-16-9;/h1-4,9,13,16H,5-8H2,(H,17,18);1H. The summed E-state index contributed by atoms with van der Waals surface area (Å²) in [6, 6.07) is 6.79. The molecule has 0 aromatic heterocycles. The van der Waals surface area contributed by atoms with Crippen molar-refractivity contribution < 1.29 is 13.6 Å². The molecule has 118 valence electrons. The van der Waals surface area contributed by atoms with E-state index in [9.17, 15) is 13.6 Å². The number of rotatable bonds is 5. The number of hydrogen-bond donors (Lipinski definition) is 2. The molecule has 1 saturated heterocycles. The molecule has 1 aromatic carbocycles. The lowest BCUT2D eigenvalue weighted by atomic mass is 10.2. The van der Waals surface area contributed by atoms with Crippen LogP contribution in [0.2, 0.25) is 0 Å². The maximum atomic E-state index is 12.4. The lowest BCUT2D eigenvalue weighted by Crippen LogP contribution is -2.39. The van der Waals surface area contributed by atoms with Gasteiger partial charge in [0.05, 0.1) is 5.69 Å². The predicted molar refractivity (Wildman–Crippen MR) is 87.9 cm³/mol. The van der Waals surface area contributed by atoms with Crippen molar-refractivity contribution >= 4 is 47.5 Å². The van der Waals surface area contributed by atoms with E-state index in [0.29, 0.717) is 28.8 Å². The lowest BCUT2D eigenvalue weighted by molar-refractivity contribution is -0.116. The average molecular weight is 355 g/mol. The van der Waals surface area contributed by atoms with Crippen LogP contribution >= 0.6 is 35.9 Å². The summed E-state index contributed by atoms with van der Waals surface area (Å²) < 4.78 is 24.9. The molecular formula is C13H17ClF2N2OS2. The Morgan fingerprint density at radius 3 is 2.90 bits per heavy atom. The molecule has 2 rings (SSSR count). The van der Waals surface area contributed by atoms with Crippen molar-refractivity contribution in [3.05, 3.63) is 24.3 Å². The van der Waals surface area contributed by atoms with Gasteiger partial charge < -0.3 is 10.6 Å². The van der Waals surface area contributed by atoms with E-state index in [4.69, 9.17) is 0 Å². The molecule has 1 fully saturated rings. The molecule has 1 aromatic rings. The van der Waals surface area contributed by atoms with Crippen LogP contribution in [0.3, 0.4) is 0 Å². The largest absolute Gasteiger partial charge is 0.325 e. The molecular weight excluding hydrogens is 338 g/mol. The topological polar surface area (TPSA) is 41.1 Å². The first-order valence-electron chi connectivity index (χ1n) is 6.30. The molecule has 2 N–H and O–H groups in total. The SMILES string of the molecule is Cl.O=C(CC1CSCCN1)Nc1ccccc1SC(F)F. The minimum Gasteiger partial charge on any atom is -0.325 e. The Labute approximate surface area is 137 Å². The summed E-state index contributed by atoms with van der Waals surface area (Å²) in [6.07, 6.45) is 0.362. The van der Waals surface area contributed by atoms with Gasteiger partial charge >= 0.3 is 0 Å². The number of para-hydroxylation sites is 1. The molecule has 0 spiro atoms. The van der Waals surface area contributed by atoms with Crippen LogP contribution in [0, 0.1) is 0 Å². The fraction of sp³-hybridized carbons (Fsp3) is 0.462. The zero-order valence-electron chi connectivity index (χ0n) is 11.2. The molecule has 3 nitrogen and oxygen atoms in total. The monoisotopic (exact) mass is 354 g/mol. The molecule has 1 heterocycles. The smallest absolute Gasteiger partial charge is 0.288 e. The van der Waals surface area contributed by atoms with Crippen molar-refractivity contribution in [1.29, 1.82) is 0 Å². The third-order valence-electron chi connectivity index (χ3n) is 2.81. The van der Waals surface area contributed by atoms with E-state index in [1.54, 1.807) is 24.3 Å². The van der Waals surface area contributed by atoms with Crippen LogP contribution in [-0.4, -0.2) is 35.8 Å². The van der Waals surface area contributed by atoms with Crippen LogP contribution < -0.4 is 10.6 Å². The molecule has 1 unspecified atom stereocenters. The average Bonchev–Trinajstić information content (AvgIpc) is 2.41.